The number of fused-ring (bicyclic) bond motifs is 8. The van der Waals surface area contributed by atoms with Gasteiger partial charge in [-0.1, -0.05) is 219 Å². The summed E-state index contributed by atoms with van der Waals surface area (Å²) in [5.41, 5.74) is 11.1. The maximum atomic E-state index is 17.0. The van der Waals surface area contributed by atoms with Crippen LogP contribution < -0.4 is 0 Å². The van der Waals surface area contributed by atoms with Crippen molar-refractivity contribution in [2.75, 3.05) is 26.9 Å². The van der Waals surface area contributed by atoms with Crippen LogP contribution in [0, 0.1) is 104 Å². The van der Waals surface area contributed by atoms with E-state index >= 15 is 4.79 Å². The number of nitrogens with zero attached hydrogens (tertiary/aromatic N) is 3. The van der Waals surface area contributed by atoms with E-state index in [0.29, 0.717) is 69.7 Å². The van der Waals surface area contributed by atoms with Crippen molar-refractivity contribution in [3.8, 4) is 0 Å². The lowest BCUT2D eigenvalue weighted by molar-refractivity contribution is -0.374. The van der Waals surface area contributed by atoms with Crippen LogP contribution >= 0.6 is 0 Å². The number of carbonyl (C=O) groups excluding carboxylic acids is 3. The molecular weight excluding hydrogens is 1580 g/mol. The number of hydrogen-bond acceptors (Lipinski definition) is 22. The van der Waals surface area contributed by atoms with Gasteiger partial charge in [-0.15, -0.1) is 0 Å². The highest BCUT2D eigenvalue weighted by Gasteiger charge is 2.74. The summed E-state index contributed by atoms with van der Waals surface area (Å²) in [6.45, 7) is 44.5. The number of allylic oxidation sites excluding steroid dienone is 2. The zero-order valence-electron chi connectivity index (χ0n) is 77.6. The zero-order chi connectivity index (χ0) is 88.5. The van der Waals surface area contributed by atoms with Gasteiger partial charge < -0.3 is 90.1 Å². The summed E-state index contributed by atoms with van der Waals surface area (Å²) >= 11 is 0. The summed E-state index contributed by atoms with van der Waals surface area (Å²) in [5, 5.41) is 4.43. The van der Waals surface area contributed by atoms with E-state index in [1.165, 1.54) is 5.57 Å². The van der Waals surface area contributed by atoms with Gasteiger partial charge in [0, 0.05) is 35.7 Å². The molecule has 4 saturated carbocycles. The van der Waals surface area contributed by atoms with Gasteiger partial charge in [0.1, 0.15) is 54.4 Å². The van der Waals surface area contributed by atoms with Crippen LogP contribution in [0.2, 0.25) is 0 Å². The van der Waals surface area contributed by atoms with Crippen molar-refractivity contribution < 1.29 is 99.6 Å². The van der Waals surface area contributed by atoms with Gasteiger partial charge in [0.05, 0.1) is 93.8 Å². The summed E-state index contributed by atoms with van der Waals surface area (Å²) in [7, 11) is 1.75. The number of benzene rings is 3. The molecule has 0 bridgehead atoms. The number of carbonyl (C=O) groups is 3. The summed E-state index contributed by atoms with van der Waals surface area (Å²) in [5.74, 6) is -2.29. The Morgan fingerprint density at radius 1 is 0.556 bits per heavy atom. The number of methoxy groups -OCH3 is 1. The van der Waals surface area contributed by atoms with Gasteiger partial charge >= 0.3 is 5.97 Å². The van der Waals surface area contributed by atoms with Crippen molar-refractivity contribution in [1.82, 2.24) is 0 Å². The fourth-order valence-corrected chi connectivity index (χ4v) is 25.4. The predicted octanol–water partition coefficient (Wildman–Crippen LogP) is 18.0. The Balaban J connectivity index is 0.710. The largest absolute Gasteiger partial charge is 0.432 e. The second-order valence-electron chi connectivity index (χ2n) is 42.0. The summed E-state index contributed by atoms with van der Waals surface area (Å²) in [6.07, 6.45) is -4.93. The van der Waals surface area contributed by atoms with Gasteiger partial charge in [-0.25, -0.2) is 0 Å². The lowest BCUT2D eigenvalue weighted by Crippen LogP contribution is -2.69. The molecule has 5 aliphatic carbocycles. The molecule has 0 radical (unpaired) electrons. The van der Waals surface area contributed by atoms with Gasteiger partial charge in [0.15, 0.2) is 43.0 Å². The highest BCUT2D eigenvalue weighted by molar-refractivity contribution is 5.81. The van der Waals surface area contributed by atoms with Gasteiger partial charge in [-0.2, -0.15) is 0 Å². The summed E-state index contributed by atoms with van der Waals surface area (Å²) < 4.78 is 126. The van der Waals surface area contributed by atoms with Crippen molar-refractivity contribution in [1.29, 1.82) is 0 Å². The number of esters is 1. The second kappa shape index (κ2) is 37.6. The molecule has 3 aromatic carbocycles. The Morgan fingerprint density at radius 3 is 1.82 bits per heavy atom. The van der Waals surface area contributed by atoms with Crippen molar-refractivity contribution in [2.24, 2.45) is 109 Å². The number of azide groups is 1. The number of rotatable bonds is 27. The van der Waals surface area contributed by atoms with Gasteiger partial charge in [-0.05, 0) is 183 Å². The molecule has 12 aliphatic rings. The molecule has 38 atom stereocenters. The number of hydrogen-bond donors (Lipinski definition) is 0. The Morgan fingerprint density at radius 2 is 1.17 bits per heavy atom. The third-order valence-electron chi connectivity index (χ3n) is 33.7. The van der Waals surface area contributed by atoms with E-state index in [4.69, 9.17) is 85.3 Å². The van der Waals surface area contributed by atoms with Crippen LogP contribution in [0.4, 0.5) is 0 Å². The fourth-order valence-electron chi connectivity index (χ4n) is 25.4. The SMILES string of the molecule is CCC1O[C@@H](OC2[C@H](O[C@H]3CCC4(C)C5CC=C6C7CC(C)(C)CC[C@]7(C(=O)O[C@H]7OC(COCc8ccccc8)[C@H](N=[N+]=[N-])C(C)C7O[C@@H]7OC(C)[C@H](O[C@@H]8OC[C@@H](OCc9ccccc9)C(OCc9ccccc9)C8C)C8OC(C)(C)OC87)C(OC)C[C@@]6(C)[C@@]5(C)CC[C@H]4[C@@]3(C)C=O)OC(C(C)=O)[C@@H](C)[C@@H]2O[C@@H]2OC[C@@H](C)[C@H](C)C2C)C(C)[C@@H](C)[C@H]1C. The second-order valence-corrected chi connectivity index (χ2v) is 42.0. The molecule has 124 heavy (non-hydrogen) atoms. The molecule has 7 heterocycles. The molecule has 0 N–H and O–H groups in total. The standard InChI is InChI=1S/C100H145N3O21/c1-22-71-58(5)57(4)60(7)89(114-71)121-85-81(118-87-59(6)56(3)55(2)48-111-87)62(9)79(64(11)105)117-91(85)116-76-41-42-96(17)74(97(76,18)54-104)40-43-98(19)75(96)39-38-69-70-46-94(13,14)44-45-100(70,77(107-21)47-99(69,98)20)93(106)122-90-82(61(8)78(102-103-101)72(115-90)52-108-49-66-32-26-23-27-33-66)119-92-86-84(123-95(15,16)124-86)83(65(12)113-92)120-88-63(10)80(110-51-68-36-30-25-31-37-68)73(53-112-88)109-50-67-34-28-24-29-35-67/h23-38,54-63,65,70-92H,22,39-53H2,1-21H3/t55-,56+,57+,58-,59?,60?,61?,62-,63?,65?,70?,71?,72?,73-,74-,75?,76+,77?,78-,79?,80?,81+,82?,83+,84?,85?,86?,87+,88+,89+,90-,91-,92+,96?,97-,98+,99-,100-/m1/s1. The van der Waals surface area contributed by atoms with Gasteiger partial charge in [0.25, 0.3) is 0 Å². The molecule has 7 saturated heterocycles. The maximum Gasteiger partial charge on any atom is 0.317 e. The quantitative estimate of drug-likeness (QED) is 0.0130. The van der Waals surface area contributed by atoms with E-state index < -0.39 is 163 Å². The topological polar surface area (TPSA) is 266 Å². The smallest absolute Gasteiger partial charge is 0.317 e. The molecule has 11 fully saturated rings. The van der Waals surface area contributed by atoms with Crippen molar-refractivity contribution in [3.05, 3.63) is 130 Å². The van der Waals surface area contributed by atoms with E-state index in [-0.39, 0.29) is 89.4 Å². The number of ether oxygens (including phenoxy) is 18. The van der Waals surface area contributed by atoms with Crippen LogP contribution in [0.25, 0.3) is 10.4 Å². The minimum Gasteiger partial charge on any atom is -0.432 e. The molecule has 0 spiro atoms. The third kappa shape index (κ3) is 17.7. The number of aldehydes is 1. The first-order valence-electron chi connectivity index (χ1n) is 46.9. The van der Waals surface area contributed by atoms with Crippen LogP contribution in [0.3, 0.4) is 0 Å². The van der Waals surface area contributed by atoms with Gasteiger partial charge in [-0.3, -0.25) is 9.59 Å². The molecule has 0 amide bonds. The normalized spacial score (nSPS) is 46.0. The van der Waals surface area contributed by atoms with Crippen molar-refractivity contribution in [2.45, 2.75) is 358 Å². The Kier molecular flexibility index (Phi) is 28.4. The highest BCUT2D eigenvalue weighted by Crippen LogP contribution is 2.76. The summed E-state index contributed by atoms with van der Waals surface area (Å²) in [4.78, 5) is 49.2. The first-order chi connectivity index (χ1) is 59.1. The molecule has 15 rings (SSSR count). The van der Waals surface area contributed by atoms with E-state index in [2.05, 4.69) is 113 Å². The van der Waals surface area contributed by atoms with Crippen molar-refractivity contribution >= 4 is 18.0 Å². The summed E-state index contributed by atoms with van der Waals surface area (Å²) in [6, 6.07) is 29.1. The molecule has 3 aromatic rings. The molecule has 686 valence electrons. The number of Topliss-reactive ketones (excluding diaryl/α,β-unsaturated/α-hetero) is 1. The lowest BCUT2D eigenvalue weighted by atomic mass is 9.33. The lowest BCUT2D eigenvalue weighted by Gasteiger charge is -2.71. The van der Waals surface area contributed by atoms with Crippen LogP contribution in [0.5, 0.6) is 0 Å². The van der Waals surface area contributed by atoms with E-state index in [0.717, 1.165) is 55.1 Å². The zero-order valence-corrected chi connectivity index (χ0v) is 77.6. The molecular formula is C100H145N3O21. The van der Waals surface area contributed by atoms with Crippen LogP contribution in [-0.2, 0) is 119 Å². The van der Waals surface area contributed by atoms with Crippen LogP contribution in [-0.4, -0.2) is 180 Å². The van der Waals surface area contributed by atoms with Crippen LogP contribution in [0.1, 0.15) is 219 Å². The average molecular weight is 1730 g/mol. The first-order valence-corrected chi connectivity index (χ1v) is 46.9. The highest BCUT2D eigenvalue weighted by atomic mass is 16.8. The number of ketones is 1. The van der Waals surface area contributed by atoms with E-state index in [1.54, 1.807) is 14.0 Å². The monoisotopic (exact) mass is 1720 g/mol. The molecule has 0 aromatic heterocycles. The average Bonchev–Trinajstić information content (AvgIpc) is 0.753. The fraction of sp³-hybridized carbons (Fsp3) is 0.770. The predicted molar refractivity (Wildman–Crippen MR) is 462 cm³/mol. The Hall–Kier alpha value is -5.16. The molecule has 17 unspecified atom stereocenters. The minimum absolute atomic E-state index is 0.00327. The molecule has 24 heteroatoms. The molecule has 7 aliphatic heterocycles. The van der Waals surface area contributed by atoms with Gasteiger partial charge in [0.2, 0.25) is 6.29 Å². The maximum absolute atomic E-state index is 17.0. The first kappa shape index (κ1) is 93.5. The van der Waals surface area contributed by atoms with Crippen molar-refractivity contribution in [3.63, 3.8) is 0 Å². The molecule has 24 nitrogen and oxygen atoms in total. The van der Waals surface area contributed by atoms with E-state index in [1.807, 2.05) is 126 Å². The van der Waals surface area contributed by atoms with E-state index in [9.17, 15) is 15.1 Å². The Labute approximate surface area is 736 Å². The Bertz CT molecular complexity index is 4190. The third-order valence-corrected chi connectivity index (χ3v) is 33.7. The minimum atomic E-state index is -1.40. The van der Waals surface area contributed by atoms with Crippen LogP contribution in [0.15, 0.2) is 108 Å².